The third-order valence-corrected chi connectivity index (χ3v) is 5.33. The van der Waals surface area contributed by atoms with Crippen molar-refractivity contribution >= 4 is 23.6 Å². The van der Waals surface area contributed by atoms with Crippen LogP contribution in [0.5, 0.6) is 17.2 Å². The molecule has 0 spiro atoms. The summed E-state index contributed by atoms with van der Waals surface area (Å²) in [6.45, 7) is 1.80. The molecule has 0 radical (unpaired) electrons. The Hall–Kier alpha value is -3.39. The number of nitrogens with one attached hydrogen (secondary N) is 1. The number of carbonyl (C=O) groups excluding carboxylic acids is 2. The molecule has 3 rings (SSSR count). The fourth-order valence-corrected chi connectivity index (χ4v) is 3.58. The molecule has 0 saturated carbocycles. The van der Waals surface area contributed by atoms with Gasteiger partial charge < -0.3 is 24.3 Å². The number of hydrogen-bond acceptors (Lipinski definition) is 6. The molecule has 0 saturated heterocycles. The minimum absolute atomic E-state index is 0.0788. The summed E-state index contributed by atoms with van der Waals surface area (Å²) in [6, 6.07) is 10.9. The number of para-hydroxylation sites is 1. The molecule has 170 valence electrons. The van der Waals surface area contributed by atoms with Gasteiger partial charge in [-0.3, -0.25) is 4.90 Å². The van der Waals surface area contributed by atoms with Gasteiger partial charge in [-0.1, -0.05) is 23.7 Å². The van der Waals surface area contributed by atoms with Crippen molar-refractivity contribution in [3.05, 3.63) is 64.3 Å². The third kappa shape index (κ3) is 4.75. The lowest BCUT2D eigenvalue weighted by Crippen LogP contribution is -2.48. The summed E-state index contributed by atoms with van der Waals surface area (Å²) in [5.74, 6) is 0.881. The fourth-order valence-electron chi connectivity index (χ4n) is 3.39. The van der Waals surface area contributed by atoms with Crippen molar-refractivity contribution in [2.75, 3.05) is 34.5 Å². The summed E-state index contributed by atoms with van der Waals surface area (Å²) >= 11 is 6.20. The van der Waals surface area contributed by atoms with Crippen molar-refractivity contribution in [1.29, 1.82) is 0 Å². The first-order valence-electron chi connectivity index (χ1n) is 9.94. The number of halogens is 1. The second-order valence-electron chi connectivity index (χ2n) is 6.85. The number of carbonyl (C=O) groups is 2. The first kappa shape index (κ1) is 23.3. The molecule has 0 fully saturated rings. The van der Waals surface area contributed by atoms with Gasteiger partial charge in [0, 0.05) is 12.6 Å². The highest BCUT2D eigenvalue weighted by Crippen LogP contribution is 2.38. The van der Waals surface area contributed by atoms with E-state index in [9.17, 15) is 9.59 Å². The maximum absolute atomic E-state index is 13.1. The summed E-state index contributed by atoms with van der Waals surface area (Å²) in [5, 5.41) is 3.26. The molecule has 0 aromatic heterocycles. The lowest BCUT2D eigenvalue weighted by atomic mass is 9.93. The average molecular weight is 461 g/mol. The van der Waals surface area contributed by atoms with E-state index in [-0.39, 0.29) is 18.8 Å². The Kier molecular flexibility index (Phi) is 7.48. The van der Waals surface area contributed by atoms with Gasteiger partial charge >= 0.3 is 12.0 Å². The van der Waals surface area contributed by atoms with Gasteiger partial charge in [0.1, 0.15) is 23.9 Å². The smallest absolute Gasteiger partial charge is 0.338 e. The van der Waals surface area contributed by atoms with Crippen molar-refractivity contribution in [3.63, 3.8) is 0 Å². The highest BCUT2D eigenvalue weighted by molar-refractivity contribution is 6.32. The van der Waals surface area contributed by atoms with Crippen molar-refractivity contribution in [3.8, 4) is 17.2 Å². The van der Waals surface area contributed by atoms with E-state index in [1.807, 2.05) is 0 Å². The highest BCUT2D eigenvalue weighted by atomic mass is 35.5. The number of benzene rings is 2. The summed E-state index contributed by atoms with van der Waals surface area (Å²) in [4.78, 5) is 27.2. The Morgan fingerprint density at radius 3 is 2.53 bits per heavy atom. The Morgan fingerprint density at radius 2 is 1.88 bits per heavy atom. The van der Waals surface area contributed by atoms with Crippen LogP contribution in [0.3, 0.4) is 0 Å². The van der Waals surface area contributed by atoms with Crippen LogP contribution in [0.15, 0.2) is 53.7 Å². The summed E-state index contributed by atoms with van der Waals surface area (Å²) < 4.78 is 22.0. The SMILES string of the molecule is CCOC(=O)C1=C(COc2ccccc2Cl)N(C)C(=O)N[C@@H]1c1cc(OC)ccc1OC. The zero-order chi connectivity index (χ0) is 23.3. The van der Waals surface area contributed by atoms with E-state index in [2.05, 4.69) is 5.32 Å². The number of esters is 1. The van der Waals surface area contributed by atoms with Crippen LogP contribution in [0, 0.1) is 0 Å². The van der Waals surface area contributed by atoms with Gasteiger partial charge in [-0.2, -0.15) is 0 Å². The molecule has 2 aromatic rings. The van der Waals surface area contributed by atoms with Gasteiger partial charge in [0.05, 0.1) is 43.2 Å². The zero-order valence-electron chi connectivity index (χ0n) is 18.3. The van der Waals surface area contributed by atoms with E-state index in [4.69, 9.17) is 30.5 Å². The molecule has 32 heavy (non-hydrogen) atoms. The summed E-state index contributed by atoms with van der Waals surface area (Å²) in [5.41, 5.74) is 1.13. The Balaban J connectivity index is 2.12. The van der Waals surface area contributed by atoms with E-state index < -0.39 is 18.0 Å². The minimum Gasteiger partial charge on any atom is -0.497 e. The van der Waals surface area contributed by atoms with Gasteiger partial charge in [0.2, 0.25) is 0 Å². The highest BCUT2D eigenvalue weighted by Gasteiger charge is 2.38. The van der Waals surface area contributed by atoms with Crippen LogP contribution in [0.2, 0.25) is 5.02 Å². The van der Waals surface area contributed by atoms with E-state index in [0.29, 0.717) is 33.5 Å². The predicted octanol–water partition coefficient (Wildman–Crippen LogP) is 3.95. The third-order valence-electron chi connectivity index (χ3n) is 5.02. The number of amides is 2. The predicted molar refractivity (Wildman–Crippen MR) is 119 cm³/mol. The van der Waals surface area contributed by atoms with Crippen LogP contribution in [0.1, 0.15) is 18.5 Å². The molecule has 0 aliphatic carbocycles. The molecule has 1 aliphatic rings. The normalized spacial score (nSPS) is 15.8. The molecular weight excluding hydrogens is 436 g/mol. The maximum atomic E-state index is 13.1. The van der Waals surface area contributed by atoms with Crippen LogP contribution >= 0.6 is 11.6 Å². The molecule has 2 amide bonds. The lowest BCUT2D eigenvalue weighted by Gasteiger charge is -2.35. The Labute approximate surface area is 191 Å². The van der Waals surface area contributed by atoms with Crippen LogP contribution in [0.25, 0.3) is 0 Å². The van der Waals surface area contributed by atoms with Crippen LogP contribution in [-0.4, -0.2) is 51.4 Å². The number of likely N-dealkylation sites (N-methyl/N-ethyl adjacent to an activating group) is 1. The van der Waals surface area contributed by atoms with Gasteiger partial charge in [-0.05, 0) is 37.3 Å². The second kappa shape index (κ2) is 10.3. The first-order chi connectivity index (χ1) is 15.4. The van der Waals surface area contributed by atoms with E-state index in [1.165, 1.54) is 19.1 Å². The molecular formula is C23H25ClN2O6. The van der Waals surface area contributed by atoms with Gasteiger partial charge in [-0.25, -0.2) is 9.59 Å². The van der Waals surface area contributed by atoms with Crippen molar-refractivity contribution in [2.24, 2.45) is 0 Å². The number of ether oxygens (including phenoxy) is 4. The standard InChI is InChI=1S/C23H25ClN2O6/c1-5-31-22(27)20-17(13-32-19-9-7-6-8-16(19)24)26(2)23(28)25-21(20)15-12-14(29-3)10-11-18(15)30-4/h6-12,21H,5,13H2,1-4H3,(H,25,28)/t21-/m1/s1. The van der Waals surface area contributed by atoms with Gasteiger partial charge in [0.15, 0.2) is 0 Å². The maximum Gasteiger partial charge on any atom is 0.338 e. The molecule has 0 unspecified atom stereocenters. The van der Waals surface area contributed by atoms with E-state index in [1.54, 1.807) is 56.4 Å². The molecule has 1 aliphatic heterocycles. The fraction of sp³-hybridized carbons (Fsp3) is 0.304. The molecule has 1 N–H and O–H groups in total. The number of methoxy groups -OCH3 is 2. The number of nitrogens with zero attached hydrogens (tertiary/aromatic N) is 1. The van der Waals surface area contributed by atoms with E-state index >= 15 is 0 Å². The monoisotopic (exact) mass is 460 g/mol. The van der Waals surface area contributed by atoms with Crippen molar-refractivity contribution in [2.45, 2.75) is 13.0 Å². The molecule has 8 nitrogen and oxygen atoms in total. The topological polar surface area (TPSA) is 86.3 Å². The van der Waals surface area contributed by atoms with Gasteiger partial charge in [-0.15, -0.1) is 0 Å². The summed E-state index contributed by atoms with van der Waals surface area (Å²) in [7, 11) is 4.60. The Morgan fingerprint density at radius 1 is 1.12 bits per heavy atom. The number of hydrogen-bond donors (Lipinski definition) is 1. The Bertz CT molecular complexity index is 1040. The lowest BCUT2D eigenvalue weighted by molar-refractivity contribution is -0.139. The van der Waals surface area contributed by atoms with Crippen LogP contribution in [0.4, 0.5) is 4.79 Å². The summed E-state index contributed by atoms with van der Waals surface area (Å²) in [6.07, 6.45) is 0. The molecule has 1 atom stereocenters. The first-order valence-corrected chi connectivity index (χ1v) is 10.3. The zero-order valence-corrected chi connectivity index (χ0v) is 19.1. The van der Waals surface area contributed by atoms with Crippen molar-refractivity contribution in [1.82, 2.24) is 10.2 Å². The molecule has 9 heteroatoms. The van der Waals surface area contributed by atoms with E-state index in [0.717, 1.165) is 0 Å². The van der Waals surface area contributed by atoms with Gasteiger partial charge in [0.25, 0.3) is 0 Å². The second-order valence-corrected chi connectivity index (χ2v) is 7.26. The van der Waals surface area contributed by atoms with Crippen molar-refractivity contribution < 1.29 is 28.5 Å². The average Bonchev–Trinajstić information content (AvgIpc) is 2.80. The van der Waals surface area contributed by atoms with Crippen LogP contribution < -0.4 is 19.5 Å². The minimum atomic E-state index is -0.840. The molecule has 2 aromatic carbocycles. The molecule has 1 heterocycles. The number of rotatable bonds is 8. The largest absolute Gasteiger partial charge is 0.497 e. The van der Waals surface area contributed by atoms with Crippen LogP contribution in [-0.2, 0) is 9.53 Å². The number of urea groups is 1. The molecule has 0 bridgehead atoms. The quantitative estimate of drug-likeness (QED) is 0.600.